The molecule has 206 valence electrons. The standard InChI is InChI=1S/C24H29Cl2N5O7/c25-15-2-1-13(7-16(15)26)18-10-31(29-27-18)21-22(33)19(37-20(11-32)23(21)34)9-14-8-17(28-38-14)12-3-5-30(6-4-12)24(35)36/h1-2,7,10,12,14,19-23,32-34H,3-6,8-9,11H2,(H,35,36)/t14?,19-,20-,21-,22+,23+/m1/s1. The van der Waals surface area contributed by atoms with Crippen LogP contribution < -0.4 is 0 Å². The molecule has 38 heavy (non-hydrogen) atoms. The van der Waals surface area contributed by atoms with Crippen LogP contribution in [0.1, 0.15) is 31.7 Å². The average molecular weight is 570 g/mol. The van der Waals surface area contributed by atoms with Gasteiger partial charge in [0.2, 0.25) is 0 Å². The van der Waals surface area contributed by atoms with Gasteiger partial charge in [-0.1, -0.05) is 39.6 Å². The molecular formula is C24H29Cl2N5O7. The molecule has 1 unspecified atom stereocenters. The minimum atomic E-state index is -1.25. The summed E-state index contributed by atoms with van der Waals surface area (Å²) in [7, 11) is 0. The fraction of sp³-hybridized carbons (Fsp3) is 0.583. The number of aliphatic hydroxyl groups excluding tert-OH is 3. The van der Waals surface area contributed by atoms with Crippen molar-refractivity contribution in [1.29, 1.82) is 0 Å². The molecule has 1 aromatic heterocycles. The first-order valence-corrected chi connectivity index (χ1v) is 13.2. The molecule has 0 aliphatic carbocycles. The Kier molecular flexibility index (Phi) is 8.08. The topological polar surface area (TPSA) is 163 Å². The Labute approximate surface area is 228 Å². The van der Waals surface area contributed by atoms with E-state index >= 15 is 0 Å². The summed E-state index contributed by atoms with van der Waals surface area (Å²) in [5, 5.41) is 54.5. The SMILES string of the molecule is O=C(O)N1CCC(C2=NOC(C[C@H]3O[C@H](CO)[C@H](O)[C@H](n4cc(-c5ccc(Cl)c(Cl)c5)nn4)[C@H]3O)C2)CC1. The van der Waals surface area contributed by atoms with Gasteiger partial charge >= 0.3 is 6.09 Å². The highest BCUT2D eigenvalue weighted by atomic mass is 35.5. The van der Waals surface area contributed by atoms with Crippen molar-refractivity contribution in [3.05, 3.63) is 34.4 Å². The molecule has 2 fully saturated rings. The van der Waals surface area contributed by atoms with Crippen molar-refractivity contribution in [2.45, 2.75) is 62.2 Å². The van der Waals surface area contributed by atoms with Crippen molar-refractivity contribution >= 4 is 35.0 Å². The molecule has 4 N–H and O–H groups in total. The summed E-state index contributed by atoms with van der Waals surface area (Å²) in [4.78, 5) is 18.2. The van der Waals surface area contributed by atoms with Crippen molar-refractivity contribution in [2.24, 2.45) is 11.1 Å². The first-order chi connectivity index (χ1) is 18.2. The zero-order chi connectivity index (χ0) is 27.0. The van der Waals surface area contributed by atoms with Crippen LogP contribution in [-0.2, 0) is 9.57 Å². The van der Waals surface area contributed by atoms with Crippen molar-refractivity contribution in [1.82, 2.24) is 19.9 Å². The number of benzene rings is 1. The number of aromatic nitrogens is 3. The molecule has 2 saturated heterocycles. The van der Waals surface area contributed by atoms with Gasteiger partial charge in [-0.05, 0) is 25.0 Å². The average Bonchev–Trinajstić information content (AvgIpc) is 3.58. The first kappa shape index (κ1) is 27.1. The number of likely N-dealkylation sites (tertiary alicyclic amines) is 1. The van der Waals surface area contributed by atoms with E-state index in [0.29, 0.717) is 53.7 Å². The molecule has 4 heterocycles. The van der Waals surface area contributed by atoms with Crippen molar-refractivity contribution in [3.63, 3.8) is 0 Å². The molecule has 0 bridgehead atoms. The van der Waals surface area contributed by atoms with Gasteiger partial charge in [0.1, 0.15) is 36.2 Å². The quantitative estimate of drug-likeness (QED) is 0.408. The first-order valence-electron chi connectivity index (χ1n) is 12.4. The molecule has 0 spiro atoms. The van der Waals surface area contributed by atoms with Crippen LogP contribution in [0.2, 0.25) is 10.0 Å². The van der Waals surface area contributed by atoms with E-state index in [2.05, 4.69) is 15.5 Å². The van der Waals surface area contributed by atoms with E-state index in [1.165, 1.54) is 9.58 Å². The van der Waals surface area contributed by atoms with E-state index in [9.17, 15) is 20.1 Å². The lowest BCUT2D eigenvalue weighted by Crippen LogP contribution is -2.56. The van der Waals surface area contributed by atoms with Crippen molar-refractivity contribution in [2.75, 3.05) is 19.7 Å². The second-order valence-corrected chi connectivity index (χ2v) is 10.7. The second-order valence-electron chi connectivity index (χ2n) is 9.87. The fourth-order valence-corrected chi connectivity index (χ4v) is 5.68. The summed E-state index contributed by atoms with van der Waals surface area (Å²) < 4.78 is 7.24. The molecule has 3 aliphatic heterocycles. The number of piperidine rings is 1. The number of amides is 1. The van der Waals surface area contributed by atoms with Gasteiger partial charge in [-0.25, -0.2) is 9.48 Å². The van der Waals surface area contributed by atoms with Gasteiger partial charge in [0.05, 0.1) is 34.7 Å². The normalized spacial score (nSPS) is 30.2. The van der Waals surface area contributed by atoms with Gasteiger partial charge in [0, 0.05) is 37.4 Å². The lowest BCUT2D eigenvalue weighted by molar-refractivity contribution is -0.212. The number of carboxylic acid groups (broad SMARTS) is 1. The highest BCUT2D eigenvalue weighted by molar-refractivity contribution is 6.42. The van der Waals surface area contributed by atoms with E-state index in [1.54, 1.807) is 24.4 Å². The second kappa shape index (κ2) is 11.3. The number of halogens is 2. The van der Waals surface area contributed by atoms with Crippen LogP contribution in [0.15, 0.2) is 29.6 Å². The number of hydrogen-bond acceptors (Lipinski definition) is 9. The van der Waals surface area contributed by atoms with E-state index in [1.807, 2.05) is 0 Å². The minimum Gasteiger partial charge on any atom is -0.465 e. The maximum Gasteiger partial charge on any atom is 0.407 e. The number of aliphatic hydroxyl groups is 3. The smallest absolute Gasteiger partial charge is 0.407 e. The van der Waals surface area contributed by atoms with Gasteiger partial charge in [-0.15, -0.1) is 5.10 Å². The number of rotatable bonds is 6. The molecule has 6 atom stereocenters. The Morgan fingerprint density at radius 3 is 2.53 bits per heavy atom. The lowest BCUT2D eigenvalue weighted by atomic mass is 9.86. The van der Waals surface area contributed by atoms with Crippen LogP contribution in [0.25, 0.3) is 11.3 Å². The van der Waals surface area contributed by atoms with Crippen LogP contribution in [0.3, 0.4) is 0 Å². The van der Waals surface area contributed by atoms with E-state index in [4.69, 9.17) is 37.9 Å². The predicted molar refractivity (Wildman–Crippen MR) is 136 cm³/mol. The van der Waals surface area contributed by atoms with Crippen LogP contribution in [0.4, 0.5) is 4.79 Å². The van der Waals surface area contributed by atoms with Gasteiger partial charge < -0.3 is 34.9 Å². The number of nitrogens with zero attached hydrogens (tertiary/aromatic N) is 5. The largest absolute Gasteiger partial charge is 0.465 e. The molecule has 5 rings (SSSR count). The highest BCUT2D eigenvalue weighted by Gasteiger charge is 2.47. The van der Waals surface area contributed by atoms with E-state index < -0.39 is 43.2 Å². The number of ether oxygens (including phenoxy) is 1. The maximum atomic E-state index is 11.2. The zero-order valence-electron chi connectivity index (χ0n) is 20.3. The van der Waals surface area contributed by atoms with E-state index in [0.717, 1.165) is 5.71 Å². The molecule has 0 radical (unpaired) electrons. The van der Waals surface area contributed by atoms with Crippen molar-refractivity contribution in [3.8, 4) is 11.3 Å². The molecule has 0 saturated carbocycles. The third kappa shape index (κ3) is 5.47. The summed E-state index contributed by atoms with van der Waals surface area (Å²) in [6.45, 7) is 0.451. The third-order valence-corrected chi connectivity index (χ3v) is 8.25. The Bertz CT molecular complexity index is 1190. The zero-order valence-corrected chi connectivity index (χ0v) is 21.8. The number of carbonyl (C=O) groups is 1. The molecular weight excluding hydrogens is 541 g/mol. The number of oxime groups is 1. The Balaban J connectivity index is 1.26. The third-order valence-electron chi connectivity index (χ3n) is 7.51. The lowest BCUT2D eigenvalue weighted by Gasteiger charge is -2.42. The summed E-state index contributed by atoms with van der Waals surface area (Å²) in [5.74, 6) is 0.141. The van der Waals surface area contributed by atoms with Gasteiger partial charge in [-0.3, -0.25) is 0 Å². The molecule has 2 aromatic rings. The molecule has 1 amide bonds. The van der Waals surface area contributed by atoms with Crippen LogP contribution in [0, 0.1) is 5.92 Å². The number of hydrogen-bond donors (Lipinski definition) is 4. The maximum absolute atomic E-state index is 11.2. The Morgan fingerprint density at radius 1 is 1.11 bits per heavy atom. The monoisotopic (exact) mass is 569 g/mol. The van der Waals surface area contributed by atoms with Crippen molar-refractivity contribution < 1.29 is 34.8 Å². The Morgan fingerprint density at radius 2 is 1.84 bits per heavy atom. The van der Waals surface area contributed by atoms with Gasteiger partial charge in [0.25, 0.3) is 0 Å². The molecule has 14 heteroatoms. The van der Waals surface area contributed by atoms with E-state index in [-0.39, 0.29) is 18.4 Å². The van der Waals surface area contributed by atoms with Crippen LogP contribution >= 0.6 is 23.2 Å². The predicted octanol–water partition coefficient (Wildman–Crippen LogP) is 2.20. The summed E-state index contributed by atoms with van der Waals surface area (Å²) >= 11 is 12.1. The summed E-state index contributed by atoms with van der Waals surface area (Å²) in [6.07, 6.45) is -1.67. The molecule has 3 aliphatic rings. The van der Waals surface area contributed by atoms with Gasteiger partial charge in [-0.2, -0.15) is 0 Å². The molecule has 12 nitrogen and oxygen atoms in total. The fourth-order valence-electron chi connectivity index (χ4n) is 5.38. The minimum absolute atomic E-state index is 0.141. The van der Waals surface area contributed by atoms with Crippen LogP contribution in [-0.4, -0.2) is 102 Å². The molecule has 1 aromatic carbocycles. The summed E-state index contributed by atoms with van der Waals surface area (Å²) in [5.41, 5.74) is 2.01. The Hall–Kier alpha value is -2.48. The highest BCUT2D eigenvalue weighted by Crippen LogP contribution is 2.35. The summed E-state index contributed by atoms with van der Waals surface area (Å²) in [6, 6.07) is 4.09. The van der Waals surface area contributed by atoms with Gasteiger partial charge in [0.15, 0.2) is 0 Å². The van der Waals surface area contributed by atoms with Crippen LogP contribution in [0.5, 0.6) is 0 Å².